The molecule has 2 N–H and O–H groups in total. The van der Waals surface area contributed by atoms with Crippen molar-refractivity contribution in [1.29, 1.82) is 0 Å². The third-order valence-electron chi connectivity index (χ3n) is 5.80. The first-order chi connectivity index (χ1) is 16.2. The van der Waals surface area contributed by atoms with Crippen LogP contribution in [0.3, 0.4) is 0 Å². The zero-order chi connectivity index (χ0) is 24.8. The smallest absolute Gasteiger partial charge is 0.344 e. The van der Waals surface area contributed by atoms with Gasteiger partial charge in [0.2, 0.25) is 0 Å². The summed E-state index contributed by atoms with van der Waals surface area (Å²) in [6.07, 6.45) is 2.48. The van der Waals surface area contributed by atoms with Crippen LogP contribution in [0.5, 0.6) is 5.75 Å². The van der Waals surface area contributed by atoms with E-state index in [2.05, 4.69) is 41.6 Å². The number of ether oxygens (including phenoxy) is 1. The molecule has 1 aromatic heterocycles. The number of benzene rings is 2. The molecule has 1 heterocycles. The Labute approximate surface area is 200 Å². The molecule has 34 heavy (non-hydrogen) atoms. The summed E-state index contributed by atoms with van der Waals surface area (Å²) >= 11 is 0. The molecular formula is C27H33N3O4. The van der Waals surface area contributed by atoms with Crippen molar-refractivity contribution in [1.82, 2.24) is 15.1 Å². The first-order valence-electron chi connectivity index (χ1n) is 11.6. The summed E-state index contributed by atoms with van der Waals surface area (Å²) in [4.78, 5) is 23.9. The Bertz CT molecular complexity index is 1140. The minimum atomic E-state index is -1.02. The second-order valence-electron chi connectivity index (χ2n) is 8.68. The van der Waals surface area contributed by atoms with Gasteiger partial charge in [0, 0.05) is 13.6 Å². The average Bonchev–Trinajstić information content (AvgIpc) is 3.20. The molecule has 7 nitrogen and oxygen atoms in total. The van der Waals surface area contributed by atoms with Crippen LogP contribution in [0, 0.1) is 13.8 Å². The van der Waals surface area contributed by atoms with Crippen LogP contribution in [0.1, 0.15) is 59.4 Å². The lowest BCUT2D eigenvalue weighted by atomic mass is 10.0. The van der Waals surface area contributed by atoms with Crippen LogP contribution >= 0.6 is 0 Å². The van der Waals surface area contributed by atoms with E-state index >= 15 is 0 Å². The number of aliphatic carboxylic acids is 1. The lowest BCUT2D eigenvalue weighted by molar-refractivity contribution is -0.144. The van der Waals surface area contributed by atoms with Gasteiger partial charge in [-0.1, -0.05) is 49.7 Å². The molecule has 0 spiro atoms. The van der Waals surface area contributed by atoms with Gasteiger partial charge in [0.15, 0.2) is 11.8 Å². The predicted molar refractivity (Wildman–Crippen MR) is 132 cm³/mol. The highest BCUT2D eigenvalue weighted by molar-refractivity contribution is 5.93. The molecule has 1 atom stereocenters. The standard InChI is InChI=1S/C27H33N3O4/c1-6-7-8-20-9-11-22(12-10-20)24-15-23(29-30(24)5)26(31)28-16-21-13-17(2)25(18(3)14-21)34-19(4)27(32)33/h9-15,19H,6-8,16H2,1-5H3,(H,28,31)(H,32,33). The number of carboxylic acid groups (broad SMARTS) is 1. The average molecular weight is 464 g/mol. The van der Waals surface area contributed by atoms with Gasteiger partial charge >= 0.3 is 5.97 Å². The summed E-state index contributed by atoms with van der Waals surface area (Å²) < 4.78 is 7.29. The Kier molecular flexibility index (Phi) is 8.10. The van der Waals surface area contributed by atoms with Gasteiger partial charge in [0.05, 0.1) is 5.69 Å². The number of unbranched alkanes of at least 4 members (excludes halogenated alkanes) is 1. The van der Waals surface area contributed by atoms with Crippen LogP contribution in [0.4, 0.5) is 0 Å². The lowest BCUT2D eigenvalue weighted by Crippen LogP contribution is -2.24. The number of aryl methyl sites for hydroxylation is 4. The Hall–Kier alpha value is -3.61. The maximum Gasteiger partial charge on any atom is 0.344 e. The molecule has 1 amide bonds. The van der Waals surface area contributed by atoms with Gasteiger partial charge in [-0.2, -0.15) is 5.10 Å². The fourth-order valence-electron chi connectivity index (χ4n) is 3.90. The number of carboxylic acids is 1. The Morgan fingerprint density at radius 2 is 1.74 bits per heavy atom. The van der Waals surface area contributed by atoms with Gasteiger partial charge in [-0.05, 0) is 67.5 Å². The van der Waals surface area contributed by atoms with Gasteiger partial charge in [0.25, 0.3) is 5.91 Å². The van der Waals surface area contributed by atoms with Crippen LogP contribution < -0.4 is 10.1 Å². The van der Waals surface area contributed by atoms with Gasteiger partial charge in [0.1, 0.15) is 5.75 Å². The molecule has 2 aromatic carbocycles. The first kappa shape index (κ1) is 25.0. The number of amides is 1. The van der Waals surface area contributed by atoms with E-state index in [-0.39, 0.29) is 5.91 Å². The summed E-state index contributed by atoms with van der Waals surface area (Å²) in [5.74, 6) is -0.714. The fraction of sp³-hybridized carbons (Fsp3) is 0.370. The van der Waals surface area contributed by atoms with Crippen molar-refractivity contribution in [3.8, 4) is 17.0 Å². The van der Waals surface area contributed by atoms with Gasteiger partial charge < -0.3 is 15.2 Å². The van der Waals surface area contributed by atoms with Crippen LogP contribution in [0.15, 0.2) is 42.5 Å². The summed E-state index contributed by atoms with van der Waals surface area (Å²) in [6, 6.07) is 14.0. The van der Waals surface area contributed by atoms with E-state index in [0.29, 0.717) is 18.0 Å². The van der Waals surface area contributed by atoms with E-state index in [9.17, 15) is 9.59 Å². The van der Waals surface area contributed by atoms with E-state index in [1.807, 2.05) is 33.0 Å². The lowest BCUT2D eigenvalue weighted by Gasteiger charge is -2.16. The molecule has 0 aliphatic carbocycles. The molecule has 0 saturated heterocycles. The number of carbonyl (C=O) groups excluding carboxylic acids is 1. The second-order valence-corrected chi connectivity index (χ2v) is 8.68. The molecule has 0 fully saturated rings. The predicted octanol–water partition coefficient (Wildman–Crippen LogP) is 4.83. The number of rotatable bonds is 10. The van der Waals surface area contributed by atoms with Gasteiger partial charge in [-0.25, -0.2) is 4.79 Å². The number of aromatic nitrogens is 2. The van der Waals surface area contributed by atoms with Crippen molar-refractivity contribution < 1.29 is 19.4 Å². The number of carbonyl (C=O) groups is 2. The third-order valence-corrected chi connectivity index (χ3v) is 5.80. The summed E-state index contributed by atoms with van der Waals surface area (Å²) in [5.41, 5.74) is 6.11. The topological polar surface area (TPSA) is 93.4 Å². The van der Waals surface area contributed by atoms with Gasteiger partial charge in [-0.3, -0.25) is 9.48 Å². The molecular weight excluding hydrogens is 430 g/mol. The van der Waals surface area contributed by atoms with Crippen LogP contribution in [0.2, 0.25) is 0 Å². The number of hydrogen-bond acceptors (Lipinski definition) is 4. The van der Waals surface area contributed by atoms with Crippen molar-refractivity contribution in [2.75, 3.05) is 0 Å². The zero-order valence-corrected chi connectivity index (χ0v) is 20.5. The first-order valence-corrected chi connectivity index (χ1v) is 11.6. The monoisotopic (exact) mass is 463 g/mol. The maximum absolute atomic E-state index is 12.8. The minimum absolute atomic E-state index is 0.253. The molecule has 0 radical (unpaired) electrons. The highest BCUT2D eigenvalue weighted by Gasteiger charge is 2.17. The molecule has 1 unspecified atom stereocenters. The van der Waals surface area contributed by atoms with Crippen LogP contribution in [-0.2, 0) is 24.8 Å². The van der Waals surface area contributed by atoms with E-state index in [4.69, 9.17) is 9.84 Å². The number of hydrogen-bond donors (Lipinski definition) is 2. The molecule has 3 aromatic rings. The largest absolute Gasteiger partial charge is 0.479 e. The molecule has 0 bridgehead atoms. The van der Waals surface area contributed by atoms with Crippen molar-refractivity contribution in [3.05, 3.63) is 70.4 Å². The Balaban J connectivity index is 1.67. The van der Waals surface area contributed by atoms with Crippen molar-refractivity contribution in [3.63, 3.8) is 0 Å². The van der Waals surface area contributed by atoms with E-state index < -0.39 is 12.1 Å². The highest BCUT2D eigenvalue weighted by atomic mass is 16.5. The van der Waals surface area contributed by atoms with Crippen molar-refractivity contribution in [2.45, 2.75) is 59.6 Å². The number of nitrogens with zero attached hydrogens (tertiary/aromatic N) is 2. The number of nitrogens with one attached hydrogen (secondary N) is 1. The molecule has 0 aliphatic rings. The molecule has 0 saturated carbocycles. The summed E-state index contributed by atoms with van der Waals surface area (Å²) in [7, 11) is 1.83. The molecule has 0 aliphatic heterocycles. The summed E-state index contributed by atoms with van der Waals surface area (Å²) in [5, 5.41) is 16.4. The van der Waals surface area contributed by atoms with Gasteiger partial charge in [-0.15, -0.1) is 0 Å². The third kappa shape index (κ3) is 6.04. The van der Waals surface area contributed by atoms with E-state index in [1.165, 1.54) is 25.3 Å². The molecule has 7 heteroatoms. The van der Waals surface area contributed by atoms with E-state index in [0.717, 1.165) is 34.4 Å². The Morgan fingerprint density at radius 3 is 2.32 bits per heavy atom. The molecule has 3 rings (SSSR count). The van der Waals surface area contributed by atoms with Crippen LogP contribution in [-0.4, -0.2) is 32.9 Å². The second kappa shape index (κ2) is 11.0. The van der Waals surface area contributed by atoms with Crippen molar-refractivity contribution >= 4 is 11.9 Å². The maximum atomic E-state index is 12.8. The SMILES string of the molecule is CCCCc1ccc(-c2cc(C(=O)NCc3cc(C)c(OC(C)C(=O)O)c(C)c3)nn2C)cc1. The molecule has 180 valence electrons. The van der Waals surface area contributed by atoms with E-state index in [1.54, 1.807) is 10.7 Å². The summed E-state index contributed by atoms with van der Waals surface area (Å²) in [6.45, 7) is 7.73. The minimum Gasteiger partial charge on any atom is -0.479 e. The zero-order valence-electron chi connectivity index (χ0n) is 20.5. The highest BCUT2D eigenvalue weighted by Crippen LogP contribution is 2.26. The van der Waals surface area contributed by atoms with Crippen molar-refractivity contribution in [2.24, 2.45) is 7.05 Å². The fourth-order valence-corrected chi connectivity index (χ4v) is 3.90. The Morgan fingerprint density at radius 1 is 1.09 bits per heavy atom. The quantitative estimate of drug-likeness (QED) is 0.449. The van der Waals surface area contributed by atoms with Crippen LogP contribution in [0.25, 0.3) is 11.3 Å². The normalized spacial score (nSPS) is 11.8.